The number of aromatic nitrogens is 1. The molecule has 0 amide bonds. The molecule has 0 bridgehead atoms. The monoisotopic (exact) mass is 322 g/mol. The Hall–Kier alpha value is -1.31. The van der Waals surface area contributed by atoms with Crippen LogP contribution < -0.4 is 10.5 Å². The second-order valence-corrected chi connectivity index (χ2v) is 5.44. The molecule has 0 saturated heterocycles. The third kappa shape index (κ3) is 3.84. The van der Waals surface area contributed by atoms with Crippen LogP contribution in [0.25, 0.3) is 0 Å². The molecule has 1 heterocycles. The predicted molar refractivity (Wildman–Crippen MR) is 71.0 cm³/mol. The highest BCUT2D eigenvalue weighted by molar-refractivity contribution is 7.11. The summed E-state index contributed by atoms with van der Waals surface area (Å²) in [4.78, 5) is 3.64. The summed E-state index contributed by atoms with van der Waals surface area (Å²) in [6, 6.07) is 5.94. The van der Waals surface area contributed by atoms with E-state index in [0.717, 1.165) is 6.20 Å². The van der Waals surface area contributed by atoms with Crippen LogP contribution in [-0.2, 0) is 6.18 Å². The van der Waals surface area contributed by atoms with E-state index >= 15 is 0 Å². The summed E-state index contributed by atoms with van der Waals surface area (Å²) in [6.07, 6.45) is -3.32. The minimum absolute atomic E-state index is 0.0567. The molecule has 2 aromatic rings. The fourth-order valence-corrected chi connectivity index (χ4v) is 2.28. The van der Waals surface area contributed by atoms with Gasteiger partial charge < -0.3 is 10.5 Å². The number of alkyl halides is 3. The molecule has 0 aliphatic rings. The van der Waals surface area contributed by atoms with Gasteiger partial charge in [0.25, 0.3) is 0 Å². The van der Waals surface area contributed by atoms with Gasteiger partial charge >= 0.3 is 6.18 Å². The Bertz CT molecular complexity index is 571. The molecule has 1 atom stereocenters. The highest BCUT2D eigenvalue weighted by Crippen LogP contribution is 2.34. The van der Waals surface area contributed by atoms with Gasteiger partial charge in [-0.3, -0.25) is 0 Å². The summed E-state index contributed by atoms with van der Waals surface area (Å²) in [5, 5.41) is -0.339. The average Bonchev–Trinajstić information content (AvgIpc) is 2.87. The Morgan fingerprint density at radius 2 is 1.95 bits per heavy atom. The van der Waals surface area contributed by atoms with Crippen molar-refractivity contribution in [2.24, 2.45) is 5.73 Å². The lowest BCUT2D eigenvalue weighted by Gasteiger charge is -2.11. The van der Waals surface area contributed by atoms with Gasteiger partial charge in [0, 0.05) is 16.1 Å². The smallest absolute Gasteiger partial charge is 0.443 e. The average molecular weight is 323 g/mol. The van der Waals surface area contributed by atoms with E-state index in [1.807, 2.05) is 0 Å². The maximum atomic E-state index is 12.4. The van der Waals surface area contributed by atoms with Crippen LogP contribution in [0.5, 0.6) is 5.75 Å². The van der Waals surface area contributed by atoms with Crippen LogP contribution in [0.1, 0.15) is 15.9 Å². The predicted octanol–water partition coefficient (Wildman–Crippen LogP) is 3.89. The molecule has 3 nitrogen and oxygen atoms in total. The van der Waals surface area contributed by atoms with Crippen molar-refractivity contribution in [2.75, 3.05) is 6.61 Å². The molecule has 108 valence electrons. The maximum Gasteiger partial charge on any atom is 0.443 e. The van der Waals surface area contributed by atoms with Crippen molar-refractivity contribution in [1.29, 1.82) is 0 Å². The third-order valence-electron chi connectivity index (χ3n) is 2.37. The van der Waals surface area contributed by atoms with Crippen molar-refractivity contribution in [2.45, 2.75) is 12.2 Å². The molecular weight excluding hydrogens is 313 g/mol. The molecule has 0 spiro atoms. The summed E-state index contributed by atoms with van der Waals surface area (Å²) in [7, 11) is 0. The zero-order valence-corrected chi connectivity index (χ0v) is 11.6. The lowest BCUT2D eigenvalue weighted by Crippen LogP contribution is -2.17. The summed E-state index contributed by atoms with van der Waals surface area (Å²) in [5.74, 6) is 0.547. The SMILES string of the molecule is NC(COc1ccc(Cl)cc1)c1cnc(C(F)(F)F)s1. The van der Waals surface area contributed by atoms with E-state index in [-0.39, 0.29) is 6.61 Å². The number of benzene rings is 1. The van der Waals surface area contributed by atoms with Crippen LogP contribution in [0.4, 0.5) is 13.2 Å². The molecule has 0 fully saturated rings. The number of hydrogen-bond donors (Lipinski definition) is 1. The third-order valence-corrected chi connectivity index (χ3v) is 3.80. The van der Waals surface area contributed by atoms with Crippen molar-refractivity contribution in [1.82, 2.24) is 4.98 Å². The second kappa shape index (κ2) is 5.99. The topological polar surface area (TPSA) is 48.1 Å². The molecule has 0 radical (unpaired) electrons. The zero-order chi connectivity index (χ0) is 14.8. The van der Waals surface area contributed by atoms with Gasteiger partial charge in [0.05, 0.1) is 6.04 Å². The molecule has 1 aromatic carbocycles. The van der Waals surface area contributed by atoms with Gasteiger partial charge in [0.1, 0.15) is 12.4 Å². The van der Waals surface area contributed by atoms with Gasteiger partial charge in [-0.1, -0.05) is 11.6 Å². The van der Waals surface area contributed by atoms with Gasteiger partial charge in [0.2, 0.25) is 0 Å². The molecule has 0 saturated carbocycles. The molecule has 1 unspecified atom stereocenters. The van der Waals surface area contributed by atoms with Crippen molar-refractivity contribution in [3.8, 4) is 5.75 Å². The molecule has 0 aliphatic carbocycles. The van der Waals surface area contributed by atoms with E-state index in [0.29, 0.717) is 27.0 Å². The quantitative estimate of drug-likeness (QED) is 0.929. The van der Waals surface area contributed by atoms with Gasteiger partial charge in [0.15, 0.2) is 5.01 Å². The van der Waals surface area contributed by atoms with Gasteiger partial charge in [-0.15, -0.1) is 11.3 Å². The number of ether oxygens (including phenoxy) is 1. The first-order valence-electron chi connectivity index (χ1n) is 5.53. The molecule has 2 rings (SSSR count). The normalized spacial score (nSPS) is 13.2. The Morgan fingerprint density at radius 1 is 1.30 bits per heavy atom. The van der Waals surface area contributed by atoms with Crippen LogP contribution in [0.15, 0.2) is 30.5 Å². The zero-order valence-electron chi connectivity index (χ0n) is 10.0. The van der Waals surface area contributed by atoms with Crippen LogP contribution in [0.3, 0.4) is 0 Å². The largest absolute Gasteiger partial charge is 0.492 e. The summed E-state index contributed by atoms with van der Waals surface area (Å²) in [5.41, 5.74) is 5.78. The summed E-state index contributed by atoms with van der Waals surface area (Å²) >= 11 is 6.25. The first-order chi connectivity index (χ1) is 9.36. The maximum absolute atomic E-state index is 12.4. The lowest BCUT2D eigenvalue weighted by atomic mass is 10.3. The van der Waals surface area contributed by atoms with E-state index in [9.17, 15) is 13.2 Å². The number of nitrogens with zero attached hydrogens (tertiary/aromatic N) is 1. The van der Waals surface area contributed by atoms with Crippen LogP contribution in [0, 0.1) is 0 Å². The molecule has 8 heteroatoms. The van der Waals surface area contributed by atoms with Gasteiger partial charge in [-0.05, 0) is 24.3 Å². The van der Waals surface area contributed by atoms with E-state index in [1.54, 1.807) is 24.3 Å². The molecule has 0 aliphatic heterocycles. The minimum atomic E-state index is -4.44. The van der Waals surface area contributed by atoms with E-state index in [2.05, 4.69) is 4.98 Å². The first kappa shape index (κ1) is 15.1. The van der Waals surface area contributed by atoms with Crippen molar-refractivity contribution in [3.63, 3.8) is 0 Å². The number of nitrogens with two attached hydrogens (primary N) is 1. The van der Waals surface area contributed by atoms with Crippen molar-refractivity contribution < 1.29 is 17.9 Å². The Labute approximate surface area is 122 Å². The Balaban J connectivity index is 1.96. The molecule has 2 N–H and O–H groups in total. The Morgan fingerprint density at radius 3 is 2.50 bits per heavy atom. The summed E-state index contributed by atoms with van der Waals surface area (Å²) < 4.78 is 42.6. The fourth-order valence-electron chi connectivity index (χ4n) is 1.39. The fraction of sp³-hybridized carbons (Fsp3) is 0.250. The Kier molecular flexibility index (Phi) is 4.52. The first-order valence-corrected chi connectivity index (χ1v) is 6.72. The van der Waals surface area contributed by atoms with Gasteiger partial charge in [-0.25, -0.2) is 4.98 Å². The van der Waals surface area contributed by atoms with E-state index in [4.69, 9.17) is 22.1 Å². The van der Waals surface area contributed by atoms with Crippen molar-refractivity contribution >= 4 is 22.9 Å². The van der Waals surface area contributed by atoms with E-state index < -0.39 is 17.2 Å². The standard InChI is InChI=1S/C12H10ClF3N2OS/c13-7-1-3-8(4-2-7)19-6-9(17)10-5-18-11(20-10)12(14,15)16/h1-5,9H,6,17H2. The van der Waals surface area contributed by atoms with E-state index in [1.165, 1.54) is 0 Å². The lowest BCUT2D eigenvalue weighted by molar-refractivity contribution is -0.137. The van der Waals surface area contributed by atoms with Crippen LogP contribution >= 0.6 is 22.9 Å². The highest BCUT2D eigenvalue weighted by Gasteiger charge is 2.35. The summed E-state index contributed by atoms with van der Waals surface area (Å²) in [6.45, 7) is 0.0567. The highest BCUT2D eigenvalue weighted by atomic mass is 35.5. The number of rotatable bonds is 4. The molecular formula is C12H10ClF3N2OS. The molecule has 1 aromatic heterocycles. The van der Waals surface area contributed by atoms with Gasteiger partial charge in [-0.2, -0.15) is 13.2 Å². The number of halogens is 4. The second-order valence-electron chi connectivity index (χ2n) is 3.94. The van der Waals surface area contributed by atoms with Crippen molar-refractivity contribution in [3.05, 3.63) is 45.4 Å². The van der Waals surface area contributed by atoms with Crippen LogP contribution in [-0.4, -0.2) is 11.6 Å². The minimum Gasteiger partial charge on any atom is -0.492 e. The number of hydrogen-bond acceptors (Lipinski definition) is 4. The number of thiazole rings is 1. The van der Waals surface area contributed by atoms with Crippen LogP contribution in [0.2, 0.25) is 5.02 Å². The molecule has 20 heavy (non-hydrogen) atoms.